The number of hydrogen-bond donors (Lipinski definition) is 1. The Morgan fingerprint density at radius 1 is 1.40 bits per heavy atom. The second-order valence-electron chi connectivity index (χ2n) is 7.63. The van der Waals surface area contributed by atoms with Gasteiger partial charge in [0, 0.05) is 19.7 Å². The average molecular weight is 283 g/mol. The Morgan fingerprint density at radius 2 is 2.10 bits per heavy atom. The molecule has 1 unspecified atom stereocenters. The second-order valence-corrected chi connectivity index (χ2v) is 7.63. The van der Waals surface area contributed by atoms with Crippen LogP contribution in [0.25, 0.3) is 0 Å². The third kappa shape index (κ3) is 4.37. The molecule has 0 bridgehead atoms. The van der Waals surface area contributed by atoms with Crippen LogP contribution < -0.4 is 0 Å². The van der Waals surface area contributed by atoms with Gasteiger partial charge in [0.1, 0.15) is 5.60 Å². The molecule has 0 radical (unpaired) electrons. The first-order chi connectivity index (χ1) is 9.34. The molecule has 2 rings (SSSR count). The minimum atomic E-state index is -0.418. The van der Waals surface area contributed by atoms with Crippen molar-refractivity contribution in [2.75, 3.05) is 19.7 Å². The molecule has 1 saturated carbocycles. The average Bonchev–Trinajstić information content (AvgIpc) is 3.15. The molecular formula is C16H29NO3. The summed E-state index contributed by atoms with van der Waals surface area (Å²) >= 11 is 0. The SMILES string of the molecule is CC(C)(C)OC(=O)N1CCCC(CCC2(CO)CC2)C1. The minimum absolute atomic E-state index is 0.175. The van der Waals surface area contributed by atoms with E-state index in [0.717, 1.165) is 32.4 Å². The summed E-state index contributed by atoms with van der Waals surface area (Å²) in [5, 5.41) is 9.37. The summed E-state index contributed by atoms with van der Waals surface area (Å²) < 4.78 is 5.45. The molecule has 1 amide bonds. The summed E-state index contributed by atoms with van der Waals surface area (Å²) in [5.74, 6) is 0.570. The molecule has 1 heterocycles. The van der Waals surface area contributed by atoms with Crippen molar-refractivity contribution in [3.8, 4) is 0 Å². The van der Waals surface area contributed by atoms with Crippen molar-refractivity contribution in [2.24, 2.45) is 11.3 Å². The number of likely N-dealkylation sites (tertiary alicyclic amines) is 1. The first kappa shape index (κ1) is 15.6. The standard InChI is InChI=1S/C16H29NO3/c1-15(2,3)20-14(19)17-10-4-5-13(11-17)6-7-16(12-18)8-9-16/h13,18H,4-12H2,1-3H3. The Kier molecular flexibility index (Phi) is 4.62. The Bertz CT molecular complexity index is 344. The van der Waals surface area contributed by atoms with Gasteiger partial charge < -0.3 is 14.7 Å². The van der Waals surface area contributed by atoms with Gasteiger partial charge in [-0.3, -0.25) is 0 Å². The number of aliphatic hydroxyl groups excluding tert-OH is 1. The van der Waals surface area contributed by atoms with E-state index in [9.17, 15) is 9.90 Å². The molecule has 1 saturated heterocycles. The highest BCUT2D eigenvalue weighted by molar-refractivity contribution is 5.68. The highest BCUT2D eigenvalue weighted by atomic mass is 16.6. The number of hydrogen-bond acceptors (Lipinski definition) is 3. The summed E-state index contributed by atoms with van der Waals surface area (Å²) in [5.41, 5.74) is -0.187. The molecule has 0 spiro atoms. The summed E-state index contributed by atoms with van der Waals surface area (Å²) in [4.78, 5) is 14.0. The summed E-state index contributed by atoms with van der Waals surface area (Å²) in [7, 11) is 0. The van der Waals surface area contributed by atoms with Crippen LogP contribution in [-0.4, -0.2) is 41.4 Å². The van der Waals surface area contributed by atoms with E-state index in [1.807, 2.05) is 25.7 Å². The van der Waals surface area contributed by atoms with Crippen LogP contribution in [0.3, 0.4) is 0 Å². The minimum Gasteiger partial charge on any atom is -0.444 e. The van der Waals surface area contributed by atoms with Gasteiger partial charge in [-0.05, 0) is 70.6 Å². The smallest absolute Gasteiger partial charge is 0.410 e. The van der Waals surface area contributed by atoms with Gasteiger partial charge >= 0.3 is 6.09 Å². The molecule has 2 fully saturated rings. The predicted molar refractivity (Wildman–Crippen MR) is 78.5 cm³/mol. The molecule has 20 heavy (non-hydrogen) atoms. The van der Waals surface area contributed by atoms with Gasteiger partial charge in [0.15, 0.2) is 0 Å². The fourth-order valence-corrected chi connectivity index (χ4v) is 2.97. The lowest BCUT2D eigenvalue weighted by Crippen LogP contribution is -2.43. The second kappa shape index (κ2) is 5.92. The van der Waals surface area contributed by atoms with Gasteiger partial charge in [-0.15, -0.1) is 0 Å². The van der Waals surface area contributed by atoms with Crippen LogP contribution in [0.15, 0.2) is 0 Å². The lowest BCUT2D eigenvalue weighted by molar-refractivity contribution is 0.0156. The van der Waals surface area contributed by atoms with Gasteiger partial charge in [0.05, 0.1) is 0 Å². The fraction of sp³-hybridized carbons (Fsp3) is 0.938. The van der Waals surface area contributed by atoms with Crippen molar-refractivity contribution in [1.29, 1.82) is 0 Å². The zero-order chi connectivity index (χ0) is 14.8. The highest BCUT2D eigenvalue weighted by Crippen LogP contribution is 2.50. The summed E-state index contributed by atoms with van der Waals surface area (Å²) in [6.45, 7) is 7.68. The molecule has 0 aromatic rings. The van der Waals surface area contributed by atoms with E-state index in [2.05, 4.69) is 0 Å². The number of piperidine rings is 1. The van der Waals surface area contributed by atoms with Crippen molar-refractivity contribution >= 4 is 6.09 Å². The van der Waals surface area contributed by atoms with Crippen molar-refractivity contribution in [3.63, 3.8) is 0 Å². The molecule has 1 aliphatic carbocycles. The summed E-state index contributed by atoms with van der Waals surface area (Å²) in [6.07, 6.45) is 6.66. The van der Waals surface area contributed by atoms with Gasteiger partial charge in [-0.1, -0.05) is 0 Å². The lowest BCUT2D eigenvalue weighted by atomic mass is 9.89. The quantitative estimate of drug-likeness (QED) is 0.862. The van der Waals surface area contributed by atoms with E-state index in [1.165, 1.54) is 19.3 Å². The fourth-order valence-electron chi connectivity index (χ4n) is 2.97. The van der Waals surface area contributed by atoms with Crippen LogP contribution in [0.4, 0.5) is 4.79 Å². The first-order valence-corrected chi connectivity index (χ1v) is 7.92. The molecule has 2 aliphatic rings. The largest absolute Gasteiger partial charge is 0.444 e. The Morgan fingerprint density at radius 3 is 2.65 bits per heavy atom. The third-order valence-corrected chi connectivity index (χ3v) is 4.55. The molecule has 1 aliphatic heterocycles. The number of ether oxygens (including phenoxy) is 1. The van der Waals surface area contributed by atoms with Gasteiger partial charge in [0.2, 0.25) is 0 Å². The molecule has 1 N–H and O–H groups in total. The molecule has 0 aromatic heterocycles. The number of rotatable bonds is 4. The van der Waals surface area contributed by atoms with Crippen molar-refractivity contribution in [3.05, 3.63) is 0 Å². The van der Waals surface area contributed by atoms with Crippen molar-refractivity contribution in [1.82, 2.24) is 4.90 Å². The first-order valence-electron chi connectivity index (χ1n) is 7.92. The zero-order valence-corrected chi connectivity index (χ0v) is 13.2. The van der Waals surface area contributed by atoms with Gasteiger partial charge in [-0.25, -0.2) is 4.79 Å². The number of amides is 1. The Labute approximate surface area is 122 Å². The van der Waals surface area contributed by atoms with Gasteiger partial charge in [-0.2, -0.15) is 0 Å². The molecule has 0 aromatic carbocycles. The van der Waals surface area contributed by atoms with Crippen molar-refractivity contribution < 1.29 is 14.6 Å². The Hall–Kier alpha value is -0.770. The monoisotopic (exact) mass is 283 g/mol. The number of carbonyl (C=O) groups excluding carboxylic acids is 1. The summed E-state index contributed by atoms with van der Waals surface area (Å²) in [6, 6.07) is 0. The maximum absolute atomic E-state index is 12.1. The molecule has 4 nitrogen and oxygen atoms in total. The zero-order valence-electron chi connectivity index (χ0n) is 13.2. The maximum atomic E-state index is 12.1. The molecule has 116 valence electrons. The normalized spacial score (nSPS) is 25.4. The lowest BCUT2D eigenvalue weighted by Gasteiger charge is -2.34. The molecular weight excluding hydrogens is 254 g/mol. The van der Waals surface area contributed by atoms with E-state index < -0.39 is 5.60 Å². The van der Waals surface area contributed by atoms with E-state index in [0.29, 0.717) is 12.5 Å². The van der Waals surface area contributed by atoms with Crippen LogP contribution >= 0.6 is 0 Å². The molecule has 1 atom stereocenters. The van der Waals surface area contributed by atoms with Crippen LogP contribution in [0.5, 0.6) is 0 Å². The van der Waals surface area contributed by atoms with Crippen LogP contribution in [-0.2, 0) is 4.74 Å². The third-order valence-electron chi connectivity index (χ3n) is 4.55. The number of nitrogens with zero attached hydrogens (tertiary/aromatic N) is 1. The number of carbonyl (C=O) groups is 1. The topological polar surface area (TPSA) is 49.8 Å². The van der Waals surface area contributed by atoms with E-state index in [-0.39, 0.29) is 11.5 Å². The van der Waals surface area contributed by atoms with Crippen LogP contribution in [0.1, 0.15) is 59.3 Å². The van der Waals surface area contributed by atoms with Crippen LogP contribution in [0, 0.1) is 11.3 Å². The van der Waals surface area contributed by atoms with E-state index in [1.54, 1.807) is 0 Å². The van der Waals surface area contributed by atoms with Crippen molar-refractivity contribution in [2.45, 2.75) is 64.9 Å². The van der Waals surface area contributed by atoms with E-state index in [4.69, 9.17) is 4.74 Å². The predicted octanol–water partition coefficient (Wildman–Crippen LogP) is 3.19. The maximum Gasteiger partial charge on any atom is 0.410 e. The number of aliphatic hydroxyl groups is 1. The van der Waals surface area contributed by atoms with Crippen LogP contribution in [0.2, 0.25) is 0 Å². The Balaban J connectivity index is 1.78. The van der Waals surface area contributed by atoms with E-state index >= 15 is 0 Å². The molecule has 4 heteroatoms. The highest BCUT2D eigenvalue weighted by Gasteiger charge is 2.42. The van der Waals surface area contributed by atoms with Gasteiger partial charge in [0.25, 0.3) is 0 Å².